The molecular formula is C14H15N5O2. The van der Waals surface area contributed by atoms with Gasteiger partial charge in [0.2, 0.25) is 5.65 Å². The third-order valence-electron chi connectivity index (χ3n) is 2.92. The molecule has 0 atom stereocenters. The van der Waals surface area contributed by atoms with E-state index < -0.39 is 0 Å². The van der Waals surface area contributed by atoms with Crippen LogP contribution in [-0.4, -0.2) is 21.5 Å². The molecule has 108 valence electrons. The second kappa shape index (κ2) is 5.78. The fraction of sp³-hybridized carbons (Fsp3) is 0.143. The van der Waals surface area contributed by atoms with Crippen molar-refractivity contribution in [1.29, 1.82) is 0 Å². The number of aromatic nitrogens is 3. The normalized spacial score (nSPS) is 10.8. The second-order valence-corrected chi connectivity index (χ2v) is 4.42. The van der Waals surface area contributed by atoms with Crippen LogP contribution in [0.5, 0.6) is 11.6 Å². The number of hydrogen-bond donors (Lipinski definition) is 2. The van der Waals surface area contributed by atoms with Gasteiger partial charge in [-0.2, -0.15) is 4.98 Å². The summed E-state index contributed by atoms with van der Waals surface area (Å²) in [6.07, 6.45) is 5.20. The predicted molar refractivity (Wildman–Crippen MR) is 78.0 cm³/mol. The molecule has 0 radical (unpaired) electrons. The van der Waals surface area contributed by atoms with E-state index in [1.54, 1.807) is 30.1 Å². The lowest BCUT2D eigenvalue weighted by molar-refractivity contribution is 0.184. The lowest BCUT2D eigenvalue weighted by Crippen LogP contribution is -2.10. The van der Waals surface area contributed by atoms with Crippen molar-refractivity contribution in [1.82, 2.24) is 14.4 Å². The van der Waals surface area contributed by atoms with Gasteiger partial charge in [0, 0.05) is 19.5 Å². The van der Waals surface area contributed by atoms with Gasteiger partial charge in [-0.25, -0.2) is 10.8 Å². The van der Waals surface area contributed by atoms with Crippen LogP contribution in [0.15, 0.2) is 42.9 Å². The van der Waals surface area contributed by atoms with Gasteiger partial charge in [-0.05, 0) is 17.7 Å². The molecule has 3 rings (SSSR count). The standard InChI is InChI=1S/C14H15N5O2/c1-20-9-10-3-2-4-11(7-10)21-14-13-16-5-6-19(13)8-12(17-14)18-15/h2-8,18H,9,15H2,1H3. The molecule has 0 aliphatic heterocycles. The molecule has 0 fully saturated rings. The van der Waals surface area contributed by atoms with E-state index in [-0.39, 0.29) is 0 Å². The second-order valence-electron chi connectivity index (χ2n) is 4.42. The zero-order chi connectivity index (χ0) is 14.7. The van der Waals surface area contributed by atoms with Crippen LogP contribution in [-0.2, 0) is 11.3 Å². The number of methoxy groups -OCH3 is 1. The van der Waals surface area contributed by atoms with Gasteiger partial charge in [0.15, 0.2) is 5.82 Å². The Labute approximate surface area is 121 Å². The number of nitrogens with two attached hydrogens (primary N) is 1. The van der Waals surface area contributed by atoms with Crippen LogP contribution >= 0.6 is 0 Å². The minimum atomic E-state index is 0.380. The first-order chi connectivity index (χ1) is 10.3. The van der Waals surface area contributed by atoms with Gasteiger partial charge in [-0.3, -0.25) is 4.40 Å². The van der Waals surface area contributed by atoms with Crippen molar-refractivity contribution in [2.75, 3.05) is 12.5 Å². The average molecular weight is 285 g/mol. The maximum atomic E-state index is 5.83. The topological polar surface area (TPSA) is 86.7 Å². The summed E-state index contributed by atoms with van der Waals surface area (Å²) in [5.41, 5.74) is 4.14. The third kappa shape index (κ3) is 2.78. The Kier molecular flexibility index (Phi) is 3.67. The van der Waals surface area contributed by atoms with E-state index >= 15 is 0 Å². The number of fused-ring (bicyclic) bond motifs is 1. The highest BCUT2D eigenvalue weighted by molar-refractivity contribution is 5.54. The number of rotatable bonds is 5. The van der Waals surface area contributed by atoms with Gasteiger partial charge in [0.25, 0.3) is 5.88 Å². The van der Waals surface area contributed by atoms with Crippen LogP contribution in [0.4, 0.5) is 5.82 Å². The first-order valence-corrected chi connectivity index (χ1v) is 6.36. The molecule has 0 saturated heterocycles. The minimum Gasteiger partial charge on any atom is -0.436 e. The molecular weight excluding hydrogens is 270 g/mol. The maximum Gasteiger partial charge on any atom is 0.265 e. The van der Waals surface area contributed by atoms with Crippen molar-refractivity contribution >= 4 is 11.5 Å². The Morgan fingerprint density at radius 3 is 3.10 bits per heavy atom. The Balaban J connectivity index is 1.97. The van der Waals surface area contributed by atoms with E-state index in [1.165, 1.54) is 0 Å². The summed E-state index contributed by atoms with van der Waals surface area (Å²) in [6.45, 7) is 0.522. The molecule has 21 heavy (non-hydrogen) atoms. The van der Waals surface area contributed by atoms with E-state index in [2.05, 4.69) is 15.4 Å². The van der Waals surface area contributed by atoms with Gasteiger partial charge in [0.05, 0.1) is 12.8 Å². The van der Waals surface area contributed by atoms with Crippen molar-refractivity contribution in [3.63, 3.8) is 0 Å². The highest BCUT2D eigenvalue weighted by atomic mass is 16.5. The molecule has 0 aliphatic carbocycles. The summed E-state index contributed by atoms with van der Waals surface area (Å²) in [6, 6.07) is 7.61. The number of hydrazine groups is 1. The molecule has 0 spiro atoms. The summed E-state index contributed by atoms with van der Waals surface area (Å²) < 4.78 is 12.7. The van der Waals surface area contributed by atoms with Crippen molar-refractivity contribution in [3.05, 3.63) is 48.4 Å². The Bertz CT molecular complexity index is 756. The van der Waals surface area contributed by atoms with Gasteiger partial charge < -0.3 is 14.9 Å². The monoisotopic (exact) mass is 285 g/mol. The number of ether oxygens (including phenoxy) is 2. The smallest absolute Gasteiger partial charge is 0.265 e. The molecule has 0 bridgehead atoms. The fourth-order valence-electron chi connectivity index (χ4n) is 2.02. The van der Waals surface area contributed by atoms with Crippen molar-refractivity contribution in [2.45, 2.75) is 6.61 Å². The molecule has 2 heterocycles. The van der Waals surface area contributed by atoms with Crippen LogP contribution in [0.25, 0.3) is 5.65 Å². The number of anilines is 1. The maximum absolute atomic E-state index is 5.83. The van der Waals surface area contributed by atoms with E-state index in [0.29, 0.717) is 29.7 Å². The van der Waals surface area contributed by atoms with Gasteiger partial charge in [-0.1, -0.05) is 12.1 Å². The van der Waals surface area contributed by atoms with Gasteiger partial charge >= 0.3 is 0 Å². The van der Waals surface area contributed by atoms with Crippen LogP contribution in [0.2, 0.25) is 0 Å². The first-order valence-electron chi connectivity index (χ1n) is 6.36. The lowest BCUT2D eigenvalue weighted by Gasteiger charge is -2.09. The molecule has 2 aromatic heterocycles. The Morgan fingerprint density at radius 1 is 1.38 bits per heavy atom. The number of nitrogens with one attached hydrogen (secondary N) is 1. The number of imidazole rings is 1. The first kappa shape index (κ1) is 13.3. The van der Waals surface area contributed by atoms with Gasteiger partial charge in [0.1, 0.15) is 5.75 Å². The Morgan fingerprint density at radius 2 is 2.29 bits per heavy atom. The van der Waals surface area contributed by atoms with Crippen LogP contribution in [0.1, 0.15) is 5.56 Å². The summed E-state index contributed by atoms with van der Waals surface area (Å²) in [4.78, 5) is 8.52. The van der Waals surface area contributed by atoms with Crippen LogP contribution in [0, 0.1) is 0 Å². The van der Waals surface area contributed by atoms with E-state index in [9.17, 15) is 0 Å². The summed E-state index contributed by atoms with van der Waals surface area (Å²) >= 11 is 0. The van der Waals surface area contributed by atoms with E-state index in [0.717, 1.165) is 5.56 Å². The number of benzene rings is 1. The summed E-state index contributed by atoms with van der Waals surface area (Å²) in [5.74, 6) is 6.95. The average Bonchev–Trinajstić information content (AvgIpc) is 2.96. The SMILES string of the molecule is COCc1cccc(Oc2nc(NN)cn3ccnc23)c1. The Hall–Kier alpha value is -2.64. The zero-order valence-corrected chi connectivity index (χ0v) is 11.5. The largest absolute Gasteiger partial charge is 0.436 e. The molecule has 0 amide bonds. The number of nitrogens with zero attached hydrogens (tertiary/aromatic N) is 3. The molecule has 0 aliphatic rings. The van der Waals surface area contributed by atoms with Crippen molar-refractivity contribution in [3.8, 4) is 11.6 Å². The van der Waals surface area contributed by atoms with Crippen LogP contribution < -0.4 is 16.0 Å². The highest BCUT2D eigenvalue weighted by Crippen LogP contribution is 2.25. The van der Waals surface area contributed by atoms with Crippen molar-refractivity contribution in [2.24, 2.45) is 5.84 Å². The molecule has 0 saturated carbocycles. The van der Waals surface area contributed by atoms with E-state index in [4.69, 9.17) is 15.3 Å². The molecule has 7 heteroatoms. The summed E-state index contributed by atoms with van der Waals surface area (Å²) in [5, 5.41) is 0. The van der Waals surface area contributed by atoms with Crippen LogP contribution in [0.3, 0.4) is 0 Å². The third-order valence-corrected chi connectivity index (χ3v) is 2.92. The molecule has 3 aromatic rings. The molecule has 7 nitrogen and oxygen atoms in total. The minimum absolute atomic E-state index is 0.380. The predicted octanol–water partition coefficient (Wildman–Crippen LogP) is 1.95. The number of nitrogen functional groups attached to an aromatic ring is 1. The molecule has 3 N–H and O–H groups in total. The molecule has 0 unspecified atom stereocenters. The van der Waals surface area contributed by atoms with Crippen molar-refractivity contribution < 1.29 is 9.47 Å². The van der Waals surface area contributed by atoms with Gasteiger partial charge in [-0.15, -0.1) is 0 Å². The lowest BCUT2D eigenvalue weighted by atomic mass is 10.2. The number of hydrogen-bond acceptors (Lipinski definition) is 6. The van der Waals surface area contributed by atoms with E-state index in [1.807, 2.05) is 24.3 Å². The quantitative estimate of drug-likeness (QED) is 0.550. The highest BCUT2D eigenvalue weighted by Gasteiger charge is 2.10. The molecule has 1 aromatic carbocycles. The zero-order valence-electron chi connectivity index (χ0n) is 11.5. The summed E-state index contributed by atoms with van der Waals surface area (Å²) in [7, 11) is 1.65. The fourth-order valence-corrected chi connectivity index (χ4v) is 2.02.